The number of carbonyl (C=O) groups excluding carboxylic acids is 1. The molecule has 0 unspecified atom stereocenters. The summed E-state index contributed by atoms with van der Waals surface area (Å²) >= 11 is 3.41. The van der Waals surface area contributed by atoms with Crippen LogP contribution in [0.3, 0.4) is 0 Å². The van der Waals surface area contributed by atoms with E-state index in [1.807, 2.05) is 28.8 Å². The molecule has 0 atom stereocenters. The monoisotopic (exact) mass is 335 g/mol. The minimum Gasteiger partial charge on any atom is -0.372 e. The lowest BCUT2D eigenvalue weighted by molar-refractivity contribution is 0.0816. The summed E-state index contributed by atoms with van der Waals surface area (Å²) in [7, 11) is 0. The van der Waals surface area contributed by atoms with Crippen molar-refractivity contribution < 1.29 is 9.53 Å². The van der Waals surface area contributed by atoms with Gasteiger partial charge in [0.15, 0.2) is 0 Å². The largest absolute Gasteiger partial charge is 0.372 e. The molecule has 20 heavy (non-hydrogen) atoms. The van der Waals surface area contributed by atoms with E-state index in [2.05, 4.69) is 26.2 Å². The third-order valence-corrected chi connectivity index (χ3v) is 3.63. The van der Waals surface area contributed by atoms with Gasteiger partial charge in [0.2, 0.25) is 0 Å². The van der Waals surface area contributed by atoms with Gasteiger partial charge >= 0.3 is 0 Å². The summed E-state index contributed by atoms with van der Waals surface area (Å²) in [4.78, 5) is 16.4. The number of aromatic nitrogens is 2. The zero-order valence-corrected chi connectivity index (χ0v) is 12.4. The first-order valence-corrected chi connectivity index (χ1v) is 7.18. The van der Waals surface area contributed by atoms with E-state index in [4.69, 9.17) is 4.74 Å². The van der Waals surface area contributed by atoms with Crippen LogP contribution in [0.25, 0.3) is 0 Å². The molecule has 0 fully saturated rings. The van der Waals surface area contributed by atoms with Crippen LogP contribution >= 0.6 is 15.9 Å². The molecule has 3 rings (SSSR count). The van der Waals surface area contributed by atoms with Gasteiger partial charge in [-0.05, 0) is 17.7 Å². The third-order valence-electron chi connectivity index (χ3n) is 3.14. The number of amides is 1. The topological polar surface area (TPSA) is 56.2 Å². The van der Waals surface area contributed by atoms with Gasteiger partial charge in [-0.15, -0.1) is 0 Å². The second-order valence-electron chi connectivity index (χ2n) is 4.60. The van der Waals surface area contributed by atoms with Gasteiger partial charge < -0.3 is 14.6 Å². The number of hydrogen-bond donors (Lipinski definition) is 1. The number of rotatable bonds is 3. The Bertz CT molecular complexity index is 616. The number of nitrogens with one attached hydrogen (secondary N) is 1. The molecule has 0 radical (unpaired) electrons. The fourth-order valence-electron chi connectivity index (χ4n) is 2.12. The Hall–Kier alpha value is -1.66. The Morgan fingerprint density at radius 1 is 1.50 bits per heavy atom. The van der Waals surface area contributed by atoms with E-state index >= 15 is 0 Å². The minimum absolute atomic E-state index is 0.160. The van der Waals surface area contributed by atoms with Crippen molar-refractivity contribution in [2.75, 3.05) is 6.61 Å². The van der Waals surface area contributed by atoms with Crippen molar-refractivity contribution in [3.8, 4) is 0 Å². The van der Waals surface area contributed by atoms with Crippen LogP contribution in [-0.2, 0) is 24.4 Å². The van der Waals surface area contributed by atoms with Crippen LogP contribution in [0.1, 0.15) is 21.9 Å². The molecule has 1 aliphatic rings. The summed E-state index contributed by atoms with van der Waals surface area (Å²) in [6.07, 6.45) is 1.79. The van der Waals surface area contributed by atoms with Crippen molar-refractivity contribution in [1.82, 2.24) is 14.9 Å². The lowest BCUT2D eigenvalue weighted by atomic mass is 10.2. The molecule has 2 aromatic rings. The Balaban J connectivity index is 1.66. The van der Waals surface area contributed by atoms with Gasteiger partial charge in [0, 0.05) is 23.8 Å². The summed E-state index contributed by atoms with van der Waals surface area (Å²) in [5, 5.41) is 2.88. The molecular formula is C14H14BrN3O2. The van der Waals surface area contributed by atoms with Crippen LogP contribution in [0.2, 0.25) is 0 Å². The highest BCUT2D eigenvalue weighted by Gasteiger charge is 2.16. The smallest absolute Gasteiger partial charge is 0.271 e. The van der Waals surface area contributed by atoms with Crippen molar-refractivity contribution in [1.29, 1.82) is 0 Å². The highest BCUT2D eigenvalue weighted by Crippen LogP contribution is 2.12. The minimum atomic E-state index is -0.160. The average molecular weight is 336 g/mol. The quantitative estimate of drug-likeness (QED) is 0.934. The lowest BCUT2D eigenvalue weighted by Crippen LogP contribution is -2.23. The van der Waals surface area contributed by atoms with Gasteiger partial charge in [-0.1, -0.05) is 28.1 Å². The Kier molecular flexibility index (Phi) is 3.84. The van der Waals surface area contributed by atoms with Crippen LogP contribution in [0.4, 0.5) is 0 Å². The number of nitrogens with zero attached hydrogens (tertiary/aromatic N) is 2. The SMILES string of the molecule is O=C(NCc1cccc(Br)c1)c1cn2c(n1)COCC2. The predicted molar refractivity (Wildman–Crippen MR) is 77.2 cm³/mol. The maximum absolute atomic E-state index is 12.1. The van der Waals surface area contributed by atoms with Gasteiger partial charge in [0.1, 0.15) is 18.1 Å². The van der Waals surface area contributed by atoms with Crippen molar-refractivity contribution >= 4 is 21.8 Å². The molecule has 0 aliphatic carbocycles. The highest BCUT2D eigenvalue weighted by molar-refractivity contribution is 9.10. The second kappa shape index (κ2) is 5.76. The summed E-state index contributed by atoms with van der Waals surface area (Å²) in [6, 6.07) is 7.84. The molecule has 2 heterocycles. The zero-order valence-electron chi connectivity index (χ0n) is 10.8. The number of ether oxygens (including phenoxy) is 1. The van der Waals surface area contributed by atoms with Crippen LogP contribution in [-0.4, -0.2) is 22.1 Å². The number of carbonyl (C=O) groups is 1. The Morgan fingerprint density at radius 3 is 3.20 bits per heavy atom. The number of imidazole rings is 1. The molecular weight excluding hydrogens is 322 g/mol. The Morgan fingerprint density at radius 2 is 2.40 bits per heavy atom. The molecule has 6 heteroatoms. The van der Waals surface area contributed by atoms with Gasteiger partial charge in [-0.25, -0.2) is 4.98 Å². The van der Waals surface area contributed by atoms with E-state index in [1.54, 1.807) is 6.20 Å². The van der Waals surface area contributed by atoms with E-state index in [1.165, 1.54) is 0 Å². The van der Waals surface area contributed by atoms with Gasteiger partial charge in [-0.2, -0.15) is 0 Å². The van der Waals surface area contributed by atoms with Crippen LogP contribution in [0.5, 0.6) is 0 Å². The summed E-state index contributed by atoms with van der Waals surface area (Å²) in [6.45, 7) is 2.37. The number of fused-ring (bicyclic) bond motifs is 1. The molecule has 1 aromatic heterocycles. The van der Waals surface area contributed by atoms with Gasteiger partial charge in [0.05, 0.1) is 6.61 Å². The fraction of sp³-hybridized carbons (Fsp3) is 0.286. The van der Waals surface area contributed by atoms with Crippen LogP contribution in [0, 0.1) is 0 Å². The second-order valence-corrected chi connectivity index (χ2v) is 5.52. The number of halogens is 1. The zero-order chi connectivity index (χ0) is 13.9. The molecule has 1 aliphatic heterocycles. The molecule has 1 N–H and O–H groups in total. The van der Waals surface area contributed by atoms with E-state index < -0.39 is 0 Å². The first-order valence-electron chi connectivity index (χ1n) is 6.39. The maximum Gasteiger partial charge on any atom is 0.271 e. The van der Waals surface area contributed by atoms with Gasteiger partial charge in [0.25, 0.3) is 5.91 Å². The van der Waals surface area contributed by atoms with Crippen molar-refractivity contribution in [2.45, 2.75) is 19.7 Å². The van der Waals surface area contributed by atoms with Crippen molar-refractivity contribution in [2.24, 2.45) is 0 Å². The lowest BCUT2D eigenvalue weighted by Gasteiger charge is -2.13. The molecule has 5 nitrogen and oxygen atoms in total. The third kappa shape index (κ3) is 2.91. The molecule has 1 aromatic carbocycles. The normalized spacial score (nSPS) is 13.8. The molecule has 0 bridgehead atoms. The molecule has 0 spiro atoms. The summed E-state index contributed by atoms with van der Waals surface area (Å²) in [5.74, 6) is 0.649. The fourth-order valence-corrected chi connectivity index (χ4v) is 2.57. The van der Waals surface area contributed by atoms with Gasteiger partial charge in [-0.3, -0.25) is 4.79 Å². The Labute approximate surface area is 125 Å². The number of benzene rings is 1. The molecule has 104 valence electrons. The van der Waals surface area contributed by atoms with E-state index in [9.17, 15) is 4.79 Å². The van der Waals surface area contributed by atoms with E-state index in [0.717, 1.165) is 22.4 Å². The predicted octanol–water partition coefficient (Wildman–Crippen LogP) is 2.11. The van der Waals surface area contributed by atoms with Crippen molar-refractivity contribution in [3.63, 3.8) is 0 Å². The van der Waals surface area contributed by atoms with Crippen LogP contribution in [0.15, 0.2) is 34.9 Å². The standard InChI is InChI=1S/C14H14BrN3O2/c15-11-3-1-2-10(6-11)7-16-14(19)12-8-18-4-5-20-9-13(18)17-12/h1-3,6,8H,4-5,7,9H2,(H,16,19). The van der Waals surface area contributed by atoms with Crippen LogP contribution < -0.4 is 5.32 Å². The average Bonchev–Trinajstić information content (AvgIpc) is 2.89. The molecule has 0 saturated carbocycles. The summed E-state index contributed by atoms with van der Waals surface area (Å²) in [5.41, 5.74) is 1.49. The first kappa shape index (κ1) is 13.3. The highest BCUT2D eigenvalue weighted by atomic mass is 79.9. The first-order chi connectivity index (χ1) is 9.72. The maximum atomic E-state index is 12.1. The molecule has 0 saturated heterocycles. The molecule has 1 amide bonds. The van der Waals surface area contributed by atoms with E-state index in [0.29, 0.717) is 25.5 Å². The number of hydrogen-bond acceptors (Lipinski definition) is 3. The van der Waals surface area contributed by atoms with E-state index in [-0.39, 0.29) is 5.91 Å². The van der Waals surface area contributed by atoms with Crippen molar-refractivity contribution in [3.05, 3.63) is 52.0 Å². The summed E-state index contributed by atoms with van der Waals surface area (Å²) < 4.78 is 8.28.